The topological polar surface area (TPSA) is 46.2 Å². The molecule has 2 aromatic carbocycles. The molecule has 0 aromatic heterocycles. The zero-order valence-corrected chi connectivity index (χ0v) is 13.1. The third-order valence-corrected chi connectivity index (χ3v) is 5.00. The van der Waals surface area contributed by atoms with Crippen molar-refractivity contribution in [2.24, 2.45) is 5.73 Å². The Bertz CT molecular complexity index is 579. The van der Waals surface area contributed by atoms with E-state index in [0.29, 0.717) is 15.8 Å². The van der Waals surface area contributed by atoms with E-state index in [1.165, 1.54) is 0 Å². The van der Waals surface area contributed by atoms with Crippen LogP contribution in [-0.2, 0) is 5.54 Å². The lowest BCUT2D eigenvalue weighted by molar-refractivity contribution is 0.213. The highest BCUT2D eigenvalue weighted by atomic mass is 35.5. The van der Waals surface area contributed by atoms with Crippen LogP contribution in [0.5, 0.6) is 0 Å². The molecule has 20 heavy (non-hydrogen) atoms. The Morgan fingerprint density at radius 2 is 1.75 bits per heavy atom. The Hall–Kier alpha value is -0.710. The number of hydrogen-bond acceptors (Lipinski definition) is 3. The summed E-state index contributed by atoms with van der Waals surface area (Å²) in [5, 5.41) is 10.7. The van der Waals surface area contributed by atoms with Crippen LogP contribution >= 0.6 is 35.0 Å². The molecule has 0 aliphatic heterocycles. The maximum Gasteiger partial charge on any atom is 0.0739 e. The lowest BCUT2D eigenvalue weighted by atomic mass is 9.94. The van der Waals surface area contributed by atoms with Gasteiger partial charge in [0, 0.05) is 10.6 Å². The van der Waals surface area contributed by atoms with Gasteiger partial charge < -0.3 is 10.8 Å². The fourth-order valence-corrected chi connectivity index (χ4v) is 3.18. The Labute approximate surface area is 132 Å². The van der Waals surface area contributed by atoms with Gasteiger partial charge in [0.2, 0.25) is 0 Å². The van der Waals surface area contributed by atoms with Crippen molar-refractivity contribution in [3.05, 3.63) is 64.1 Å². The minimum atomic E-state index is -0.780. The molecular formula is C15H15Cl2NOS. The van der Waals surface area contributed by atoms with Crippen LogP contribution in [0.25, 0.3) is 0 Å². The molecule has 3 N–H and O–H groups in total. The number of benzene rings is 2. The average Bonchev–Trinajstić information content (AvgIpc) is 2.49. The number of halogens is 2. The summed E-state index contributed by atoms with van der Waals surface area (Å²) in [6.07, 6.45) is 0. The summed E-state index contributed by atoms with van der Waals surface area (Å²) >= 11 is 13.4. The monoisotopic (exact) mass is 327 g/mol. The summed E-state index contributed by atoms with van der Waals surface area (Å²) in [5.41, 5.74) is 6.44. The Morgan fingerprint density at radius 3 is 2.35 bits per heavy atom. The molecule has 0 radical (unpaired) electrons. The van der Waals surface area contributed by atoms with Crippen LogP contribution in [0.15, 0.2) is 53.4 Å². The maximum absolute atomic E-state index is 9.63. The van der Waals surface area contributed by atoms with E-state index < -0.39 is 5.54 Å². The van der Waals surface area contributed by atoms with Gasteiger partial charge in [-0.3, -0.25) is 0 Å². The highest BCUT2D eigenvalue weighted by Gasteiger charge is 2.26. The molecule has 2 nitrogen and oxygen atoms in total. The van der Waals surface area contributed by atoms with E-state index in [2.05, 4.69) is 0 Å². The second-order valence-corrected chi connectivity index (χ2v) is 6.41. The SMILES string of the molecule is NC(CO)(CSc1ccc(Cl)c(Cl)c1)c1ccccc1. The van der Waals surface area contributed by atoms with Crippen molar-refractivity contribution in [2.75, 3.05) is 12.4 Å². The van der Waals surface area contributed by atoms with Crippen molar-refractivity contribution in [1.29, 1.82) is 0 Å². The number of aliphatic hydroxyl groups excluding tert-OH is 1. The largest absolute Gasteiger partial charge is 0.394 e. The predicted molar refractivity (Wildman–Crippen MR) is 86.6 cm³/mol. The Morgan fingerprint density at radius 1 is 1.05 bits per heavy atom. The van der Waals surface area contributed by atoms with Gasteiger partial charge in [-0.15, -0.1) is 11.8 Å². The van der Waals surface area contributed by atoms with E-state index in [-0.39, 0.29) is 6.61 Å². The van der Waals surface area contributed by atoms with Crippen LogP contribution in [0, 0.1) is 0 Å². The van der Waals surface area contributed by atoms with Gasteiger partial charge in [0.1, 0.15) is 0 Å². The number of rotatable bonds is 5. The number of thioether (sulfide) groups is 1. The molecule has 0 aliphatic carbocycles. The smallest absolute Gasteiger partial charge is 0.0739 e. The van der Waals surface area contributed by atoms with Crippen LogP contribution in [0.2, 0.25) is 10.0 Å². The summed E-state index contributed by atoms with van der Waals surface area (Å²) < 4.78 is 0. The molecule has 1 atom stereocenters. The first kappa shape index (κ1) is 15.7. The molecular weight excluding hydrogens is 313 g/mol. The van der Waals surface area contributed by atoms with Crippen molar-refractivity contribution in [1.82, 2.24) is 0 Å². The molecule has 0 bridgehead atoms. The minimum absolute atomic E-state index is 0.120. The van der Waals surface area contributed by atoms with Crippen molar-refractivity contribution in [2.45, 2.75) is 10.4 Å². The highest BCUT2D eigenvalue weighted by molar-refractivity contribution is 7.99. The first-order chi connectivity index (χ1) is 9.55. The Kier molecular flexibility index (Phi) is 5.35. The van der Waals surface area contributed by atoms with Crippen molar-refractivity contribution < 1.29 is 5.11 Å². The van der Waals surface area contributed by atoms with Gasteiger partial charge in [0.15, 0.2) is 0 Å². The molecule has 0 amide bonds. The zero-order valence-electron chi connectivity index (χ0n) is 10.7. The standard InChI is InChI=1S/C15H15Cl2NOS/c16-13-7-6-12(8-14(13)17)20-10-15(18,9-19)11-4-2-1-3-5-11/h1-8,19H,9-10,18H2. The molecule has 2 rings (SSSR count). The van der Waals surface area contributed by atoms with Crippen LogP contribution in [0.4, 0.5) is 0 Å². The van der Waals surface area contributed by atoms with Crippen LogP contribution < -0.4 is 5.73 Å². The predicted octanol–water partition coefficient (Wildman–Crippen LogP) is 3.93. The molecule has 0 aliphatic rings. The summed E-state index contributed by atoms with van der Waals surface area (Å²) in [5.74, 6) is 0.547. The average molecular weight is 328 g/mol. The lowest BCUT2D eigenvalue weighted by Gasteiger charge is -2.27. The van der Waals surface area contributed by atoms with E-state index in [4.69, 9.17) is 28.9 Å². The van der Waals surface area contributed by atoms with E-state index in [1.54, 1.807) is 23.9 Å². The molecule has 106 valence electrons. The first-order valence-corrected chi connectivity index (χ1v) is 7.82. The summed E-state index contributed by atoms with van der Waals surface area (Å²) in [7, 11) is 0. The molecule has 0 saturated heterocycles. The van der Waals surface area contributed by atoms with E-state index >= 15 is 0 Å². The third-order valence-electron chi connectivity index (χ3n) is 3.02. The molecule has 5 heteroatoms. The van der Waals surface area contributed by atoms with Gasteiger partial charge in [-0.25, -0.2) is 0 Å². The minimum Gasteiger partial charge on any atom is -0.394 e. The summed E-state index contributed by atoms with van der Waals surface area (Å²) in [6, 6.07) is 15.0. The first-order valence-electron chi connectivity index (χ1n) is 6.08. The van der Waals surface area contributed by atoms with Gasteiger partial charge in [-0.1, -0.05) is 53.5 Å². The van der Waals surface area contributed by atoms with Gasteiger partial charge >= 0.3 is 0 Å². The molecule has 2 aromatic rings. The Balaban J connectivity index is 2.13. The van der Waals surface area contributed by atoms with Crippen LogP contribution in [0.3, 0.4) is 0 Å². The fourth-order valence-electron chi connectivity index (χ4n) is 1.77. The van der Waals surface area contributed by atoms with Gasteiger partial charge in [-0.05, 0) is 23.8 Å². The highest BCUT2D eigenvalue weighted by Crippen LogP contribution is 2.31. The van der Waals surface area contributed by atoms with Gasteiger partial charge in [0.05, 0.1) is 22.2 Å². The van der Waals surface area contributed by atoms with Crippen LogP contribution in [0.1, 0.15) is 5.56 Å². The zero-order chi connectivity index (χ0) is 14.6. The number of nitrogens with two attached hydrogens (primary N) is 1. The van der Waals surface area contributed by atoms with E-state index in [9.17, 15) is 5.11 Å². The molecule has 0 spiro atoms. The van der Waals surface area contributed by atoms with Crippen LogP contribution in [-0.4, -0.2) is 17.5 Å². The molecule has 0 saturated carbocycles. The molecule has 1 unspecified atom stereocenters. The normalized spacial score (nSPS) is 14.0. The van der Waals surface area contributed by atoms with E-state index in [1.807, 2.05) is 36.4 Å². The van der Waals surface area contributed by atoms with Crippen molar-refractivity contribution in [3.8, 4) is 0 Å². The summed E-state index contributed by atoms with van der Waals surface area (Å²) in [4.78, 5) is 0.971. The molecule has 0 fully saturated rings. The summed E-state index contributed by atoms with van der Waals surface area (Å²) in [6.45, 7) is -0.120. The maximum atomic E-state index is 9.63. The third kappa shape index (κ3) is 3.68. The number of aliphatic hydroxyl groups is 1. The second kappa shape index (κ2) is 6.83. The lowest BCUT2D eigenvalue weighted by Crippen LogP contribution is -2.43. The number of hydrogen-bond donors (Lipinski definition) is 2. The van der Waals surface area contributed by atoms with E-state index in [0.717, 1.165) is 10.5 Å². The second-order valence-electron chi connectivity index (χ2n) is 4.54. The quantitative estimate of drug-likeness (QED) is 0.818. The van der Waals surface area contributed by atoms with Gasteiger partial charge in [-0.2, -0.15) is 0 Å². The van der Waals surface area contributed by atoms with Crippen molar-refractivity contribution >= 4 is 35.0 Å². The fraction of sp³-hybridized carbons (Fsp3) is 0.200. The van der Waals surface area contributed by atoms with Gasteiger partial charge in [0.25, 0.3) is 0 Å². The van der Waals surface area contributed by atoms with Crippen molar-refractivity contribution in [3.63, 3.8) is 0 Å². The molecule has 0 heterocycles.